The van der Waals surface area contributed by atoms with Gasteiger partial charge < -0.3 is 0 Å². The van der Waals surface area contributed by atoms with Crippen LogP contribution < -0.4 is 10.6 Å². The summed E-state index contributed by atoms with van der Waals surface area (Å²) in [5.41, 5.74) is -0.478. The Morgan fingerprint density at radius 1 is 1.19 bits per heavy atom. The Morgan fingerprint density at radius 3 is 2.58 bits per heavy atom. The number of hydrogen-bond acceptors (Lipinski definition) is 7. The van der Waals surface area contributed by atoms with Crippen molar-refractivity contribution in [1.29, 1.82) is 0 Å². The molecule has 2 aromatic carbocycles. The standard InChI is InChI=1S/C16H11FN4O5/c17-14-4-2-1-3-12(14)16-13-7-11(21(25)26)5-6-15(13)18-10(8-19(16)22)9-20(23)24/h1-7,9,22H,8H2. The first kappa shape index (κ1) is 17.2. The van der Waals surface area contributed by atoms with Crippen LogP contribution in [0, 0.1) is 26.0 Å². The molecule has 0 amide bonds. The molecular weight excluding hydrogens is 347 g/mol. The fourth-order valence-electron chi connectivity index (χ4n) is 2.62. The van der Waals surface area contributed by atoms with Crippen molar-refractivity contribution in [2.75, 3.05) is 6.54 Å². The van der Waals surface area contributed by atoms with Gasteiger partial charge in [-0.15, -0.1) is 0 Å². The van der Waals surface area contributed by atoms with E-state index in [0.717, 1.165) is 6.07 Å². The Labute approximate surface area is 144 Å². The number of benzene rings is 2. The lowest BCUT2D eigenvalue weighted by Crippen LogP contribution is -2.32. The number of rotatable bonds is 3. The smallest absolute Gasteiger partial charge is 0.270 e. The van der Waals surface area contributed by atoms with Crippen LogP contribution in [0.15, 0.2) is 59.4 Å². The molecule has 132 valence electrons. The lowest BCUT2D eigenvalue weighted by Gasteiger charge is -2.19. The van der Waals surface area contributed by atoms with Gasteiger partial charge in [-0.05, 0) is 18.2 Å². The van der Waals surface area contributed by atoms with Crippen LogP contribution in [-0.4, -0.2) is 26.7 Å². The Morgan fingerprint density at radius 2 is 1.92 bits per heavy atom. The first-order valence-electron chi connectivity index (χ1n) is 7.30. The fourth-order valence-corrected chi connectivity index (χ4v) is 2.62. The predicted molar refractivity (Wildman–Crippen MR) is 86.4 cm³/mol. The fraction of sp³-hybridized carbons (Fsp3) is 0.0625. The van der Waals surface area contributed by atoms with Crippen LogP contribution in [0.3, 0.4) is 0 Å². The van der Waals surface area contributed by atoms with E-state index in [1.165, 1.54) is 36.4 Å². The second-order valence-corrected chi connectivity index (χ2v) is 5.36. The molecule has 3 rings (SSSR count). The lowest BCUT2D eigenvalue weighted by atomic mass is 10.1. The van der Waals surface area contributed by atoms with Gasteiger partial charge in [0.1, 0.15) is 11.5 Å². The van der Waals surface area contributed by atoms with Gasteiger partial charge in [0.05, 0.1) is 27.4 Å². The summed E-state index contributed by atoms with van der Waals surface area (Å²) in [5, 5.41) is 33.1. The summed E-state index contributed by atoms with van der Waals surface area (Å²) in [7, 11) is 0. The van der Waals surface area contributed by atoms with Gasteiger partial charge >= 0.3 is 0 Å². The number of hydrogen-bond donors (Lipinski definition) is 1. The van der Waals surface area contributed by atoms with E-state index in [4.69, 9.17) is 0 Å². The van der Waals surface area contributed by atoms with Gasteiger partial charge in [0.25, 0.3) is 11.9 Å². The number of nitrogens with zero attached hydrogens (tertiary/aromatic N) is 4. The van der Waals surface area contributed by atoms with E-state index < -0.39 is 22.2 Å². The minimum Gasteiger partial charge on any atom is -0.288 e. The number of hydroxylamine groups is 2. The van der Waals surface area contributed by atoms with Crippen molar-refractivity contribution in [3.05, 3.63) is 96.5 Å². The summed E-state index contributed by atoms with van der Waals surface area (Å²) in [6.07, 6.45) is 0.610. The minimum atomic E-state index is -0.730. The van der Waals surface area contributed by atoms with Crippen LogP contribution in [0.2, 0.25) is 0 Å². The third-order valence-corrected chi connectivity index (χ3v) is 3.66. The van der Waals surface area contributed by atoms with Crippen molar-refractivity contribution in [3.8, 4) is 0 Å². The lowest BCUT2D eigenvalue weighted by molar-refractivity contribution is -0.403. The van der Waals surface area contributed by atoms with Crippen molar-refractivity contribution in [2.45, 2.75) is 0 Å². The molecule has 0 aliphatic carbocycles. The monoisotopic (exact) mass is 358 g/mol. The van der Waals surface area contributed by atoms with Crippen LogP contribution in [-0.2, 0) is 0 Å². The summed E-state index contributed by atoms with van der Waals surface area (Å²) in [6, 6.07) is 9.15. The Balaban J connectivity index is 2.43. The molecule has 2 aromatic rings. The van der Waals surface area contributed by atoms with E-state index in [-0.39, 0.29) is 33.2 Å². The van der Waals surface area contributed by atoms with Crippen molar-refractivity contribution in [3.63, 3.8) is 0 Å². The third-order valence-electron chi connectivity index (χ3n) is 3.66. The molecule has 9 nitrogen and oxygen atoms in total. The zero-order valence-electron chi connectivity index (χ0n) is 13.1. The number of fused-ring (bicyclic) bond motifs is 1. The van der Waals surface area contributed by atoms with Gasteiger partial charge in [0, 0.05) is 22.9 Å². The molecule has 1 N–H and O–H groups in total. The van der Waals surface area contributed by atoms with Gasteiger partial charge in [0.2, 0.25) is 0 Å². The van der Waals surface area contributed by atoms with Crippen molar-refractivity contribution >= 4 is 11.4 Å². The second-order valence-electron chi connectivity index (χ2n) is 5.36. The molecule has 0 fully saturated rings. The number of halogens is 1. The highest BCUT2D eigenvalue weighted by Gasteiger charge is 2.22. The van der Waals surface area contributed by atoms with Crippen LogP contribution in [0.25, 0.3) is 5.70 Å². The van der Waals surface area contributed by atoms with Gasteiger partial charge in [-0.1, -0.05) is 12.1 Å². The second kappa shape index (κ2) is 6.69. The van der Waals surface area contributed by atoms with Gasteiger partial charge in [-0.2, -0.15) is 0 Å². The highest BCUT2D eigenvalue weighted by molar-refractivity contribution is 5.65. The molecule has 0 radical (unpaired) electrons. The average molecular weight is 358 g/mol. The third kappa shape index (κ3) is 3.26. The summed E-state index contributed by atoms with van der Waals surface area (Å²) in [6.45, 7) is -0.396. The molecule has 0 unspecified atom stereocenters. The largest absolute Gasteiger partial charge is 0.288 e. The molecule has 10 heteroatoms. The van der Waals surface area contributed by atoms with Crippen LogP contribution >= 0.6 is 0 Å². The molecule has 1 heterocycles. The Kier molecular flexibility index (Phi) is 4.42. The van der Waals surface area contributed by atoms with Crippen LogP contribution in [0.5, 0.6) is 0 Å². The highest BCUT2D eigenvalue weighted by atomic mass is 19.1. The Bertz CT molecular complexity index is 1070. The topological polar surface area (TPSA) is 122 Å². The summed E-state index contributed by atoms with van der Waals surface area (Å²) >= 11 is 0. The molecule has 1 aliphatic heterocycles. The van der Waals surface area contributed by atoms with Crippen molar-refractivity contribution in [1.82, 2.24) is 5.06 Å². The summed E-state index contributed by atoms with van der Waals surface area (Å²) in [4.78, 5) is 24.6. The van der Waals surface area contributed by atoms with E-state index in [1.807, 2.05) is 0 Å². The maximum absolute atomic E-state index is 14.3. The molecule has 0 atom stereocenters. The van der Waals surface area contributed by atoms with E-state index in [2.05, 4.69) is 4.99 Å². The van der Waals surface area contributed by atoms with E-state index in [0.29, 0.717) is 11.3 Å². The SMILES string of the molecule is O=[N+]([O-])C=C1CN(O)C(c2ccccc2F)=c2cc([N+](=O)[O-])ccc2=N1. The molecule has 0 spiro atoms. The van der Waals surface area contributed by atoms with Gasteiger partial charge in [-0.25, -0.2) is 14.4 Å². The minimum absolute atomic E-state index is 0.0192. The molecule has 26 heavy (non-hydrogen) atoms. The number of nitro groups is 2. The predicted octanol–water partition coefficient (Wildman–Crippen LogP) is 1.33. The summed E-state index contributed by atoms with van der Waals surface area (Å²) in [5.74, 6) is -0.666. The molecule has 0 saturated carbocycles. The van der Waals surface area contributed by atoms with E-state index >= 15 is 0 Å². The molecule has 1 aliphatic rings. The number of non-ortho nitro benzene ring substituents is 1. The van der Waals surface area contributed by atoms with E-state index in [1.54, 1.807) is 0 Å². The van der Waals surface area contributed by atoms with Crippen LogP contribution in [0.1, 0.15) is 5.56 Å². The normalized spacial score (nSPS) is 15.2. The van der Waals surface area contributed by atoms with Crippen molar-refractivity contribution < 1.29 is 19.4 Å². The number of nitro benzene ring substituents is 1. The van der Waals surface area contributed by atoms with Gasteiger partial charge in [0.15, 0.2) is 0 Å². The Hall–Kier alpha value is -3.66. The van der Waals surface area contributed by atoms with Crippen LogP contribution in [0.4, 0.5) is 10.1 Å². The maximum atomic E-state index is 14.3. The zero-order chi connectivity index (χ0) is 18.8. The zero-order valence-corrected chi connectivity index (χ0v) is 13.1. The van der Waals surface area contributed by atoms with Crippen molar-refractivity contribution in [2.24, 2.45) is 4.99 Å². The highest BCUT2D eigenvalue weighted by Crippen LogP contribution is 2.21. The molecule has 0 aromatic heterocycles. The molecular formula is C16H11FN4O5. The first-order valence-corrected chi connectivity index (χ1v) is 7.30. The van der Waals surface area contributed by atoms with Gasteiger partial charge in [-0.3, -0.25) is 25.4 Å². The molecule has 0 bridgehead atoms. The average Bonchev–Trinajstić information content (AvgIpc) is 2.69. The first-order chi connectivity index (χ1) is 12.4. The van der Waals surface area contributed by atoms with E-state index in [9.17, 15) is 29.8 Å². The molecule has 0 saturated heterocycles. The summed E-state index contributed by atoms with van der Waals surface area (Å²) < 4.78 is 14.3. The quantitative estimate of drug-likeness (QED) is 0.652. The maximum Gasteiger partial charge on any atom is 0.270 e.